The molecule has 1 aliphatic heterocycles. The lowest BCUT2D eigenvalue weighted by Gasteiger charge is -2.31. The van der Waals surface area contributed by atoms with Crippen molar-refractivity contribution in [2.45, 2.75) is 12.8 Å². The van der Waals surface area contributed by atoms with E-state index in [1.807, 2.05) is 24.3 Å². The molecule has 0 unspecified atom stereocenters. The second-order valence-corrected chi connectivity index (χ2v) is 7.30. The molecule has 6 nitrogen and oxygen atoms in total. The number of pyridine rings is 1. The summed E-state index contributed by atoms with van der Waals surface area (Å²) in [5.41, 5.74) is 2.26. The van der Waals surface area contributed by atoms with E-state index in [0.29, 0.717) is 31.6 Å². The van der Waals surface area contributed by atoms with Crippen molar-refractivity contribution in [1.29, 1.82) is 0 Å². The normalized spacial score (nSPS) is 14.6. The van der Waals surface area contributed by atoms with Crippen molar-refractivity contribution < 1.29 is 9.18 Å². The lowest BCUT2D eigenvalue weighted by Crippen LogP contribution is -2.38. The third-order valence-electron chi connectivity index (χ3n) is 5.00. The number of hydrogen-bond donors (Lipinski definition) is 1. The first-order valence-electron chi connectivity index (χ1n) is 9.35. The number of anilines is 2. The largest absolute Gasteiger partial charge is 0.355 e. The molecule has 0 spiro atoms. The first kappa shape index (κ1) is 19.3. The third kappa shape index (κ3) is 4.51. The number of nitrogens with zero attached hydrogens (tertiary/aromatic N) is 4. The minimum atomic E-state index is -0.506. The summed E-state index contributed by atoms with van der Waals surface area (Å²) in [4.78, 5) is 18.6. The molecule has 0 aliphatic carbocycles. The van der Waals surface area contributed by atoms with Crippen molar-refractivity contribution in [3.05, 3.63) is 65.7 Å². The Balaban J connectivity index is 1.34. The van der Waals surface area contributed by atoms with Gasteiger partial charge in [0.15, 0.2) is 5.82 Å². The van der Waals surface area contributed by atoms with Gasteiger partial charge in [-0.2, -0.15) is 0 Å². The van der Waals surface area contributed by atoms with Crippen LogP contribution in [-0.4, -0.2) is 34.2 Å². The van der Waals surface area contributed by atoms with Crippen LogP contribution in [0.5, 0.6) is 0 Å². The molecule has 4 rings (SSSR count). The van der Waals surface area contributed by atoms with Gasteiger partial charge in [0.05, 0.1) is 10.7 Å². The molecular formula is C21H19ClFN5O. The van der Waals surface area contributed by atoms with E-state index in [0.717, 1.165) is 17.1 Å². The molecule has 2 aromatic heterocycles. The predicted molar refractivity (Wildman–Crippen MR) is 110 cm³/mol. The molecule has 1 fully saturated rings. The Labute approximate surface area is 172 Å². The fourth-order valence-electron chi connectivity index (χ4n) is 3.36. The fourth-order valence-corrected chi connectivity index (χ4v) is 3.54. The summed E-state index contributed by atoms with van der Waals surface area (Å²) >= 11 is 5.77. The predicted octanol–water partition coefficient (Wildman–Crippen LogP) is 4.19. The van der Waals surface area contributed by atoms with E-state index in [4.69, 9.17) is 11.6 Å². The molecule has 0 atom stereocenters. The van der Waals surface area contributed by atoms with Crippen LogP contribution in [0.3, 0.4) is 0 Å². The summed E-state index contributed by atoms with van der Waals surface area (Å²) in [6.07, 6.45) is 4.85. The molecule has 1 amide bonds. The Kier molecular flexibility index (Phi) is 5.67. The molecule has 148 valence electrons. The first-order valence-corrected chi connectivity index (χ1v) is 9.73. The molecule has 0 radical (unpaired) electrons. The molecule has 1 N–H and O–H groups in total. The number of halogens is 2. The lowest BCUT2D eigenvalue weighted by atomic mass is 9.96. The minimum absolute atomic E-state index is 0.00796. The molecule has 3 heterocycles. The quantitative estimate of drug-likeness (QED) is 0.697. The van der Waals surface area contributed by atoms with Gasteiger partial charge in [0, 0.05) is 42.7 Å². The van der Waals surface area contributed by atoms with Crippen molar-refractivity contribution in [2.24, 2.45) is 5.92 Å². The van der Waals surface area contributed by atoms with Crippen LogP contribution >= 0.6 is 11.6 Å². The van der Waals surface area contributed by atoms with Gasteiger partial charge in [-0.05, 0) is 55.3 Å². The second kappa shape index (κ2) is 8.53. The van der Waals surface area contributed by atoms with Gasteiger partial charge in [-0.1, -0.05) is 11.6 Å². The highest BCUT2D eigenvalue weighted by Gasteiger charge is 2.26. The number of benzene rings is 1. The molecule has 1 aromatic carbocycles. The van der Waals surface area contributed by atoms with Gasteiger partial charge in [0.25, 0.3) is 0 Å². The van der Waals surface area contributed by atoms with E-state index in [2.05, 4.69) is 25.4 Å². The molecule has 29 heavy (non-hydrogen) atoms. The van der Waals surface area contributed by atoms with Gasteiger partial charge < -0.3 is 10.2 Å². The van der Waals surface area contributed by atoms with Crippen LogP contribution in [0, 0.1) is 11.7 Å². The topological polar surface area (TPSA) is 71.0 Å². The Morgan fingerprint density at radius 3 is 2.48 bits per heavy atom. The van der Waals surface area contributed by atoms with Crippen LogP contribution in [0.1, 0.15) is 12.8 Å². The zero-order valence-electron chi connectivity index (χ0n) is 15.6. The Morgan fingerprint density at radius 1 is 1.07 bits per heavy atom. The fraction of sp³-hybridized carbons (Fsp3) is 0.238. The van der Waals surface area contributed by atoms with Gasteiger partial charge in [-0.25, -0.2) is 4.39 Å². The summed E-state index contributed by atoms with van der Waals surface area (Å²) in [6.45, 7) is 1.43. The maximum Gasteiger partial charge on any atom is 0.227 e. The molecule has 1 aliphatic rings. The average Bonchev–Trinajstić information content (AvgIpc) is 2.77. The number of hydrogen-bond acceptors (Lipinski definition) is 5. The first-order chi connectivity index (χ1) is 14.1. The van der Waals surface area contributed by atoms with Gasteiger partial charge in [0.1, 0.15) is 5.82 Å². The second-order valence-electron chi connectivity index (χ2n) is 6.89. The molecule has 3 aromatic rings. The zero-order valence-corrected chi connectivity index (χ0v) is 16.3. The summed E-state index contributed by atoms with van der Waals surface area (Å²) in [5, 5.41) is 11.5. The Hall–Kier alpha value is -3.06. The summed E-state index contributed by atoms with van der Waals surface area (Å²) < 4.78 is 13.3. The molecule has 0 saturated carbocycles. The summed E-state index contributed by atoms with van der Waals surface area (Å²) in [5.74, 6) is 0.103. The van der Waals surface area contributed by atoms with Crippen LogP contribution < -0.4 is 10.2 Å². The molecule has 0 bridgehead atoms. The molecule has 8 heteroatoms. The number of aromatic nitrogens is 3. The van der Waals surface area contributed by atoms with Gasteiger partial charge in [0.2, 0.25) is 5.91 Å². The van der Waals surface area contributed by atoms with Crippen LogP contribution in [0.2, 0.25) is 5.02 Å². The van der Waals surface area contributed by atoms with Crippen molar-refractivity contribution in [2.75, 3.05) is 23.3 Å². The van der Waals surface area contributed by atoms with Crippen molar-refractivity contribution in [3.8, 4) is 11.3 Å². The van der Waals surface area contributed by atoms with E-state index in [-0.39, 0.29) is 16.8 Å². The van der Waals surface area contributed by atoms with Crippen LogP contribution in [0.4, 0.5) is 15.9 Å². The van der Waals surface area contributed by atoms with E-state index in [1.54, 1.807) is 12.4 Å². The third-order valence-corrected chi connectivity index (χ3v) is 5.29. The van der Waals surface area contributed by atoms with Crippen molar-refractivity contribution in [1.82, 2.24) is 15.2 Å². The minimum Gasteiger partial charge on any atom is -0.355 e. The number of carbonyl (C=O) groups is 1. The molecular weight excluding hydrogens is 393 g/mol. The van der Waals surface area contributed by atoms with Crippen LogP contribution in [0.15, 0.2) is 54.9 Å². The maximum atomic E-state index is 13.3. The number of piperidine rings is 1. The van der Waals surface area contributed by atoms with Crippen LogP contribution in [-0.2, 0) is 4.79 Å². The summed E-state index contributed by atoms with van der Waals surface area (Å²) in [6, 6.07) is 11.8. The molecule has 1 saturated heterocycles. The van der Waals surface area contributed by atoms with Gasteiger partial charge in [-0.15, -0.1) is 10.2 Å². The summed E-state index contributed by atoms with van der Waals surface area (Å²) in [7, 11) is 0. The van der Waals surface area contributed by atoms with Crippen molar-refractivity contribution >= 4 is 29.0 Å². The smallest absolute Gasteiger partial charge is 0.227 e. The highest BCUT2D eigenvalue weighted by molar-refractivity contribution is 6.31. The number of rotatable bonds is 4. The zero-order chi connectivity index (χ0) is 20.2. The van der Waals surface area contributed by atoms with E-state index < -0.39 is 5.82 Å². The monoisotopic (exact) mass is 411 g/mol. The standard InChI is InChI=1S/C21H19ClFN5O/c22-17-13-16(1-2-18(17)23)25-21(29)15-7-11-28(12-8-15)20-4-3-19(26-27-20)14-5-9-24-10-6-14/h1-6,9-10,13,15H,7-8,11-12H2,(H,25,29). The van der Waals surface area contributed by atoms with E-state index in [1.165, 1.54) is 18.2 Å². The van der Waals surface area contributed by atoms with Crippen molar-refractivity contribution in [3.63, 3.8) is 0 Å². The number of nitrogens with one attached hydrogen (secondary N) is 1. The lowest BCUT2D eigenvalue weighted by molar-refractivity contribution is -0.120. The van der Waals surface area contributed by atoms with E-state index in [9.17, 15) is 9.18 Å². The van der Waals surface area contributed by atoms with Gasteiger partial charge in [-0.3, -0.25) is 9.78 Å². The van der Waals surface area contributed by atoms with Gasteiger partial charge >= 0.3 is 0 Å². The number of carbonyl (C=O) groups excluding carboxylic acids is 1. The Morgan fingerprint density at radius 2 is 1.83 bits per heavy atom. The Bertz CT molecular complexity index is 992. The number of amides is 1. The maximum absolute atomic E-state index is 13.3. The van der Waals surface area contributed by atoms with Crippen LogP contribution in [0.25, 0.3) is 11.3 Å². The highest BCUT2D eigenvalue weighted by atomic mass is 35.5. The average molecular weight is 412 g/mol. The van der Waals surface area contributed by atoms with E-state index >= 15 is 0 Å². The SMILES string of the molecule is O=C(Nc1ccc(F)c(Cl)c1)C1CCN(c2ccc(-c3ccncc3)nn2)CC1. The highest BCUT2D eigenvalue weighted by Crippen LogP contribution is 2.25.